The van der Waals surface area contributed by atoms with Gasteiger partial charge in [0, 0.05) is 19.3 Å². The lowest BCUT2D eigenvalue weighted by atomic mass is 9.69. The van der Waals surface area contributed by atoms with Crippen LogP contribution in [0.3, 0.4) is 0 Å². The number of nitrogens with zero attached hydrogens (tertiary/aromatic N) is 3. The predicted octanol–water partition coefficient (Wildman–Crippen LogP) is 3.00. The van der Waals surface area contributed by atoms with Gasteiger partial charge in [0.15, 0.2) is 0 Å². The maximum atomic E-state index is 9.31. The first-order valence-electron chi connectivity index (χ1n) is 6.71. The summed E-state index contributed by atoms with van der Waals surface area (Å²) in [6.07, 6.45) is 3.23. The molecule has 19 heavy (non-hydrogen) atoms. The molecule has 0 unspecified atom stereocenters. The van der Waals surface area contributed by atoms with Crippen molar-refractivity contribution < 1.29 is 0 Å². The minimum absolute atomic E-state index is 0.131. The second-order valence-corrected chi connectivity index (χ2v) is 5.63. The van der Waals surface area contributed by atoms with Crippen LogP contribution in [0, 0.1) is 23.7 Å². The van der Waals surface area contributed by atoms with E-state index in [9.17, 15) is 5.26 Å². The Morgan fingerprint density at radius 1 is 1.47 bits per heavy atom. The zero-order valence-electron chi connectivity index (χ0n) is 11.4. The second-order valence-electron chi connectivity index (χ2n) is 5.63. The van der Waals surface area contributed by atoms with Gasteiger partial charge in [-0.25, -0.2) is 4.98 Å². The minimum Gasteiger partial charge on any atom is -0.373 e. The van der Waals surface area contributed by atoms with Crippen LogP contribution >= 0.6 is 0 Å². The van der Waals surface area contributed by atoms with Crippen LogP contribution < -0.4 is 4.90 Å². The standard InChI is InChI=1S/C15H18N4/c1-11-17-13-5-4-12(8-14(13)18-11)19(2)10-15(9-16)6-3-7-15/h4-5,8H,3,6-7,10H2,1-2H3,(H,17,18). The van der Waals surface area contributed by atoms with Crippen molar-refractivity contribution in [1.29, 1.82) is 5.26 Å². The van der Waals surface area contributed by atoms with Gasteiger partial charge in [-0.3, -0.25) is 0 Å². The summed E-state index contributed by atoms with van der Waals surface area (Å²) in [7, 11) is 2.06. The van der Waals surface area contributed by atoms with E-state index in [-0.39, 0.29) is 5.41 Å². The Bertz CT molecular complexity index is 646. The molecule has 4 nitrogen and oxygen atoms in total. The molecular formula is C15H18N4. The summed E-state index contributed by atoms with van der Waals surface area (Å²) in [5.41, 5.74) is 3.06. The highest BCUT2D eigenvalue weighted by Gasteiger charge is 2.38. The first-order valence-corrected chi connectivity index (χ1v) is 6.71. The Morgan fingerprint density at radius 2 is 2.26 bits per heavy atom. The average Bonchev–Trinajstić information content (AvgIpc) is 2.72. The van der Waals surface area contributed by atoms with E-state index >= 15 is 0 Å². The molecule has 0 radical (unpaired) electrons. The molecule has 1 aromatic heterocycles. The Balaban J connectivity index is 1.85. The number of nitriles is 1. The molecule has 0 aliphatic heterocycles. The Hall–Kier alpha value is -2.02. The zero-order valence-corrected chi connectivity index (χ0v) is 11.4. The number of anilines is 1. The van der Waals surface area contributed by atoms with E-state index in [1.807, 2.05) is 13.0 Å². The van der Waals surface area contributed by atoms with E-state index in [1.54, 1.807) is 0 Å². The third-order valence-electron chi connectivity index (χ3n) is 4.11. The Kier molecular flexibility index (Phi) is 2.70. The largest absolute Gasteiger partial charge is 0.373 e. The fourth-order valence-corrected chi connectivity index (χ4v) is 2.82. The maximum Gasteiger partial charge on any atom is 0.104 e. The van der Waals surface area contributed by atoms with Crippen molar-refractivity contribution in [2.45, 2.75) is 26.2 Å². The van der Waals surface area contributed by atoms with Gasteiger partial charge < -0.3 is 9.88 Å². The summed E-state index contributed by atoms with van der Waals surface area (Å²) in [5, 5.41) is 9.31. The van der Waals surface area contributed by atoms with E-state index in [1.165, 1.54) is 6.42 Å². The molecule has 1 aromatic carbocycles. The molecule has 1 heterocycles. The smallest absolute Gasteiger partial charge is 0.104 e. The van der Waals surface area contributed by atoms with Gasteiger partial charge in [0.05, 0.1) is 22.5 Å². The molecule has 1 fully saturated rings. The summed E-state index contributed by atoms with van der Waals surface area (Å²) >= 11 is 0. The molecule has 98 valence electrons. The summed E-state index contributed by atoms with van der Waals surface area (Å²) in [5.74, 6) is 0.933. The van der Waals surface area contributed by atoms with Gasteiger partial charge in [-0.1, -0.05) is 6.42 Å². The first kappa shape index (κ1) is 12.0. The van der Waals surface area contributed by atoms with Crippen molar-refractivity contribution in [3.63, 3.8) is 0 Å². The number of benzene rings is 1. The van der Waals surface area contributed by atoms with Crippen molar-refractivity contribution >= 4 is 16.7 Å². The SMILES string of the molecule is Cc1nc2ccc(N(C)CC3(C#N)CCC3)cc2[nH]1. The molecule has 1 aliphatic carbocycles. The van der Waals surface area contributed by atoms with E-state index < -0.39 is 0 Å². The molecule has 1 aliphatic rings. The van der Waals surface area contributed by atoms with Crippen molar-refractivity contribution in [2.75, 3.05) is 18.5 Å². The molecule has 4 heteroatoms. The molecule has 0 atom stereocenters. The summed E-state index contributed by atoms with van der Waals surface area (Å²) in [6, 6.07) is 8.71. The highest BCUT2D eigenvalue weighted by Crippen LogP contribution is 2.41. The fourth-order valence-electron chi connectivity index (χ4n) is 2.82. The monoisotopic (exact) mass is 254 g/mol. The number of hydrogen-bond donors (Lipinski definition) is 1. The number of nitrogens with one attached hydrogen (secondary N) is 1. The van der Waals surface area contributed by atoms with E-state index in [4.69, 9.17) is 0 Å². The average molecular weight is 254 g/mol. The van der Waals surface area contributed by atoms with Crippen molar-refractivity contribution in [2.24, 2.45) is 5.41 Å². The highest BCUT2D eigenvalue weighted by molar-refractivity contribution is 5.79. The molecule has 3 rings (SSSR count). The van der Waals surface area contributed by atoms with E-state index in [2.05, 4.69) is 40.1 Å². The molecular weight excluding hydrogens is 236 g/mol. The molecule has 0 spiro atoms. The summed E-state index contributed by atoms with van der Waals surface area (Å²) < 4.78 is 0. The number of aryl methyl sites for hydroxylation is 1. The quantitative estimate of drug-likeness (QED) is 0.916. The van der Waals surface area contributed by atoms with Crippen molar-refractivity contribution in [3.05, 3.63) is 24.0 Å². The van der Waals surface area contributed by atoms with Gasteiger partial charge in [-0.2, -0.15) is 5.26 Å². The van der Waals surface area contributed by atoms with Gasteiger partial charge in [0.1, 0.15) is 5.82 Å². The molecule has 0 bridgehead atoms. The normalized spacial score (nSPS) is 16.9. The van der Waals surface area contributed by atoms with Crippen LogP contribution in [0.4, 0.5) is 5.69 Å². The number of imidazole rings is 1. The number of aromatic amines is 1. The number of fused-ring (bicyclic) bond motifs is 1. The number of hydrogen-bond acceptors (Lipinski definition) is 3. The van der Waals surface area contributed by atoms with E-state index in [0.29, 0.717) is 0 Å². The zero-order chi connectivity index (χ0) is 13.5. The van der Waals surface area contributed by atoms with E-state index in [0.717, 1.165) is 41.9 Å². The van der Waals surface area contributed by atoms with Crippen LogP contribution in [0.2, 0.25) is 0 Å². The minimum atomic E-state index is -0.131. The van der Waals surface area contributed by atoms with Gasteiger partial charge in [-0.15, -0.1) is 0 Å². The highest BCUT2D eigenvalue weighted by atomic mass is 15.1. The lowest BCUT2D eigenvalue weighted by Crippen LogP contribution is -2.39. The Labute approximate surface area is 113 Å². The van der Waals surface area contributed by atoms with Crippen LogP contribution in [-0.2, 0) is 0 Å². The third-order valence-corrected chi connectivity index (χ3v) is 4.11. The fraction of sp³-hybridized carbons (Fsp3) is 0.467. The third kappa shape index (κ3) is 2.06. The van der Waals surface area contributed by atoms with Gasteiger partial charge in [-0.05, 0) is 38.0 Å². The molecule has 0 amide bonds. The van der Waals surface area contributed by atoms with Gasteiger partial charge >= 0.3 is 0 Å². The summed E-state index contributed by atoms with van der Waals surface area (Å²) in [4.78, 5) is 9.84. The van der Waals surface area contributed by atoms with Crippen LogP contribution in [0.1, 0.15) is 25.1 Å². The first-order chi connectivity index (χ1) is 9.12. The molecule has 1 N–H and O–H groups in total. The molecule has 2 aromatic rings. The van der Waals surface area contributed by atoms with Crippen molar-refractivity contribution in [1.82, 2.24) is 9.97 Å². The topological polar surface area (TPSA) is 55.7 Å². The van der Waals surface area contributed by atoms with Crippen LogP contribution in [0.15, 0.2) is 18.2 Å². The van der Waals surface area contributed by atoms with Crippen molar-refractivity contribution in [3.8, 4) is 6.07 Å². The number of aromatic nitrogens is 2. The van der Waals surface area contributed by atoms with Gasteiger partial charge in [0.25, 0.3) is 0 Å². The molecule has 0 saturated heterocycles. The van der Waals surface area contributed by atoms with Crippen LogP contribution in [0.5, 0.6) is 0 Å². The lowest BCUT2D eigenvalue weighted by Gasteiger charge is -2.39. The lowest BCUT2D eigenvalue weighted by molar-refractivity contribution is 0.223. The number of H-pyrrole nitrogens is 1. The van der Waals surface area contributed by atoms with Gasteiger partial charge in [0.2, 0.25) is 0 Å². The predicted molar refractivity (Wildman–Crippen MR) is 76.0 cm³/mol. The Morgan fingerprint density at radius 3 is 2.89 bits per heavy atom. The molecule has 1 saturated carbocycles. The summed E-state index contributed by atoms with van der Waals surface area (Å²) in [6.45, 7) is 2.77. The van der Waals surface area contributed by atoms with Crippen LogP contribution in [-0.4, -0.2) is 23.6 Å². The van der Waals surface area contributed by atoms with Crippen LogP contribution in [0.25, 0.3) is 11.0 Å². The maximum absolute atomic E-state index is 9.31. The number of rotatable bonds is 3. The second kappa shape index (κ2) is 4.27.